The lowest BCUT2D eigenvalue weighted by atomic mass is 10.1. The summed E-state index contributed by atoms with van der Waals surface area (Å²) >= 11 is 0. The van der Waals surface area contributed by atoms with Crippen LogP contribution in [-0.4, -0.2) is 50.6 Å². The fourth-order valence-electron chi connectivity index (χ4n) is 2.42. The lowest BCUT2D eigenvalue weighted by molar-refractivity contribution is -0.138. The van der Waals surface area contributed by atoms with Crippen molar-refractivity contribution in [2.24, 2.45) is 0 Å². The predicted molar refractivity (Wildman–Crippen MR) is 72.2 cm³/mol. The Hall–Kier alpha value is -2.77. The molecular formula is C13H13N5O3. The molecule has 1 aromatic heterocycles. The number of aromatic nitrogens is 3. The van der Waals surface area contributed by atoms with Crippen molar-refractivity contribution < 1.29 is 14.4 Å². The number of H-pyrrole nitrogens is 1. The number of aromatic amines is 1. The van der Waals surface area contributed by atoms with Crippen molar-refractivity contribution in [3.05, 3.63) is 23.8 Å². The minimum Gasteiger partial charge on any atom is -0.317 e. The smallest absolute Gasteiger partial charge is 0.255 e. The third-order valence-corrected chi connectivity index (χ3v) is 3.47. The minimum atomic E-state index is -0.636. The van der Waals surface area contributed by atoms with Crippen LogP contribution in [0.15, 0.2) is 18.2 Å². The number of hydrogen-bond donors (Lipinski definition) is 2. The van der Waals surface area contributed by atoms with E-state index in [0.717, 1.165) is 0 Å². The molecule has 1 fully saturated rings. The van der Waals surface area contributed by atoms with Crippen LogP contribution in [0.2, 0.25) is 0 Å². The molecule has 1 aromatic carbocycles. The summed E-state index contributed by atoms with van der Waals surface area (Å²) in [6.07, 6.45) is 0.442. The summed E-state index contributed by atoms with van der Waals surface area (Å²) in [4.78, 5) is 37.2. The average molecular weight is 287 g/mol. The maximum atomic E-state index is 12.6. The van der Waals surface area contributed by atoms with Crippen LogP contribution in [0.4, 0.5) is 0 Å². The molecular weight excluding hydrogens is 274 g/mol. The molecule has 21 heavy (non-hydrogen) atoms. The van der Waals surface area contributed by atoms with Crippen LogP contribution in [0.5, 0.6) is 0 Å². The van der Waals surface area contributed by atoms with E-state index in [4.69, 9.17) is 0 Å². The second kappa shape index (κ2) is 4.97. The van der Waals surface area contributed by atoms with Gasteiger partial charge >= 0.3 is 0 Å². The van der Waals surface area contributed by atoms with Crippen LogP contribution in [-0.2, 0) is 9.59 Å². The Morgan fingerprint density at radius 3 is 2.86 bits per heavy atom. The molecule has 0 saturated carbocycles. The third kappa shape index (κ3) is 2.24. The van der Waals surface area contributed by atoms with Gasteiger partial charge in [0.1, 0.15) is 23.6 Å². The van der Waals surface area contributed by atoms with E-state index in [1.54, 1.807) is 25.1 Å². The molecule has 3 amide bonds. The molecule has 2 N–H and O–H groups in total. The first-order valence-corrected chi connectivity index (χ1v) is 6.55. The van der Waals surface area contributed by atoms with E-state index in [0.29, 0.717) is 23.0 Å². The number of imide groups is 1. The average Bonchev–Trinajstić information content (AvgIpc) is 2.93. The Balaban J connectivity index is 1.95. The van der Waals surface area contributed by atoms with Crippen LogP contribution < -0.4 is 5.32 Å². The molecule has 3 rings (SSSR count). The van der Waals surface area contributed by atoms with Gasteiger partial charge in [0.2, 0.25) is 11.8 Å². The molecule has 1 saturated heterocycles. The molecule has 1 unspecified atom stereocenters. The van der Waals surface area contributed by atoms with Gasteiger partial charge in [0.05, 0.1) is 0 Å². The lowest BCUT2D eigenvalue weighted by Gasteiger charge is -2.33. The highest BCUT2D eigenvalue weighted by Gasteiger charge is 2.35. The number of fused-ring (bicyclic) bond motifs is 1. The molecule has 2 aromatic rings. The Morgan fingerprint density at radius 1 is 1.33 bits per heavy atom. The van der Waals surface area contributed by atoms with Gasteiger partial charge < -0.3 is 4.90 Å². The van der Waals surface area contributed by atoms with Gasteiger partial charge in [0, 0.05) is 5.56 Å². The molecule has 8 heteroatoms. The first kappa shape index (κ1) is 13.2. The second-order valence-electron chi connectivity index (χ2n) is 4.80. The third-order valence-electron chi connectivity index (χ3n) is 3.47. The second-order valence-corrected chi connectivity index (χ2v) is 4.80. The number of carbonyl (C=O) groups is 3. The quantitative estimate of drug-likeness (QED) is 0.746. The van der Waals surface area contributed by atoms with Gasteiger partial charge in [-0.05, 0) is 24.6 Å². The van der Waals surface area contributed by atoms with E-state index in [-0.39, 0.29) is 12.5 Å². The summed E-state index contributed by atoms with van der Waals surface area (Å²) in [6, 6.07) is 4.23. The first-order chi connectivity index (χ1) is 10.1. The molecule has 0 radical (unpaired) electrons. The van der Waals surface area contributed by atoms with E-state index in [1.807, 2.05) is 0 Å². The number of piperazine rings is 1. The monoisotopic (exact) mass is 287 g/mol. The number of nitrogens with one attached hydrogen (secondary N) is 2. The van der Waals surface area contributed by atoms with Crippen molar-refractivity contribution in [3.63, 3.8) is 0 Å². The molecule has 8 nitrogen and oxygen atoms in total. The van der Waals surface area contributed by atoms with Crippen LogP contribution in [0, 0.1) is 0 Å². The number of rotatable bonds is 2. The zero-order chi connectivity index (χ0) is 15.0. The van der Waals surface area contributed by atoms with Crippen molar-refractivity contribution >= 4 is 28.8 Å². The van der Waals surface area contributed by atoms with Crippen LogP contribution in [0.25, 0.3) is 11.0 Å². The van der Waals surface area contributed by atoms with Gasteiger partial charge in [-0.1, -0.05) is 6.92 Å². The zero-order valence-corrected chi connectivity index (χ0v) is 11.3. The molecule has 0 bridgehead atoms. The van der Waals surface area contributed by atoms with Gasteiger partial charge in [-0.15, -0.1) is 0 Å². The summed E-state index contributed by atoms with van der Waals surface area (Å²) in [7, 11) is 0. The summed E-state index contributed by atoms with van der Waals surface area (Å²) < 4.78 is 0. The fraction of sp³-hybridized carbons (Fsp3) is 0.308. The number of hydrogen-bond acceptors (Lipinski definition) is 5. The van der Waals surface area contributed by atoms with E-state index in [1.165, 1.54) is 4.90 Å². The van der Waals surface area contributed by atoms with Gasteiger partial charge in [-0.25, -0.2) is 0 Å². The number of nitrogens with zero attached hydrogens (tertiary/aromatic N) is 3. The highest BCUT2D eigenvalue weighted by Crippen LogP contribution is 2.17. The highest BCUT2D eigenvalue weighted by molar-refractivity contribution is 6.07. The highest BCUT2D eigenvalue weighted by atomic mass is 16.2. The Morgan fingerprint density at radius 2 is 2.10 bits per heavy atom. The van der Waals surface area contributed by atoms with Gasteiger partial charge in [-0.3, -0.25) is 19.7 Å². The minimum absolute atomic E-state index is 0.125. The lowest BCUT2D eigenvalue weighted by Crippen LogP contribution is -2.59. The maximum absolute atomic E-state index is 12.6. The normalized spacial score (nSPS) is 18.9. The van der Waals surface area contributed by atoms with E-state index in [9.17, 15) is 14.4 Å². The molecule has 108 valence electrons. The van der Waals surface area contributed by atoms with Crippen LogP contribution >= 0.6 is 0 Å². The van der Waals surface area contributed by atoms with Gasteiger partial charge in [-0.2, -0.15) is 15.4 Å². The Labute approximate surface area is 119 Å². The van der Waals surface area contributed by atoms with Crippen molar-refractivity contribution in [1.29, 1.82) is 0 Å². The van der Waals surface area contributed by atoms with E-state index >= 15 is 0 Å². The van der Waals surface area contributed by atoms with Gasteiger partial charge in [0.15, 0.2) is 0 Å². The standard InChI is InChI=1S/C13H13N5O3/c1-2-10-12(20)14-11(19)6-18(10)13(21)7-3-4-8-9(5-7)16-17-15-8/h3-5,10H,2,6H2,1H3,(H,14,19,20)(H,15,16,17). The number of carbonyl (C=O) groups excluding carboxylic acids is 3. The zero-order valence-electron chi connectivity index (χ0n) is 11.3. The van der Waals surface area contributed by atoms with E-state index in [2.05, 4.69) is 20.7 Å². The molecule has 0 spiro atoms. The summed E-state index contributed by atoms with van der Waals surface area (Å²) in [6.45, 7) is 1.67. The van der Waals surface area contributed by atoms with E-state index < -0.39 is 17.9 Å². The Kier molecular flexibility index (Phi) is 3.13. The summed E-state index contributed by atoms with van der Waals surface area (Å²) in [5, 5.41) is 12.5. The molecule has 0 aliphatic carbocycles. The predicted octanol–water partition coefficient (Wildman–Crippen LogP) is -0.165. The molecule has 1 aliphatic heterocycles. The Bertz CT molecular complexity index is 738. The topological polar surface area (TPSA) is 108 Å². The molecule has 2 heterocycles. The summed E-state index contributed by atoms with van der Waals surface area (Å²) in [5.74, 6) is -1.28. The molecule has 1 atom stereocenters. The van der Waals surface area contributed by atoms with Crippen LogP contribution in [0.1, 0.15) is 23.7 Å². The number of amides is 3. The van der Waals surface area contributed by atoms with Crippen molar-refractivity contribution in [3.8, 4) is 0 Å². The van der Waals surface area contributed by atoms with Crippen molar-refractivity contribution in [2.45, 2.75) is 19.4 Å². The summed E-state index contributed by atoms with van der Waals surface area (Å²) in [5.41, 5.74) is 1.57. The fourth-order valence-corrected chi connectivity index (χ4v) is 2.42. The first-order valence-electron chi connectivity index (χ1n) is 6.55. The largest absolute Gasteiger partial charge is 0.317 e. The van der Waals surface area contributed by atoms with Crippen molar-refractivity contribution in [1.82, 2.24) is 25.6 Å². The van der Waals surface area contributed by atoms with Crippen LogP contribution in [0.3, 0.4) is 0 Å². The SMILES string of the molecule is CCC1C(=O)NC(=O)CN1C(=O)c1ccc2n[nH]nc2c1. The maximum Gasteiger partial charge on any atom is 0.255 e. The van der Waals surface area contributed by atoms with Gasteiger partial charge in [0.25, 0.3) is 5.91 Å². The number of benzene rings is 1. The molecule has 1 aliphatic rings. The van der Waals surface area contributed by atoms with Crippen molar-refractivity contribution in [2.75, 3.05) is 6.54 Å².